The van der Waals surface area contributed by atoms with Crippen LogP contribution in [0.15, 0.2) is 10.8 Å². The van der Waals surface area contributed by atoms with Gasteiger partial charge in [0, 0.05) is 10.9 Å². The van der Waals surface area contributed by atoms with Crippen LogP contribution in [0.2, 0.25) is 0 Å². The van der Waals surface area contributed by atoms with Crippen LogP contribution in [-0.2, 0) is 0 Å². The van der Waals surface area contributed by atoms with Crippen molar-refractivity contribution in [2.45, 2.75) is 12.2 Å². The maximum atomic E-state index is 12.0. The van der Waals surface area contributed by atoms with Gasteiger partial charge in [-0.3, -0.25) is 0 Å². The van der Waals surface area contributed by atoms with Crippen LogP contribution < -0.4 is 5.73 Å². The number of nitrogens with two attached hydrogens (primary N) is 1. The van der Waals surface area contributed by atoms with Crippen molar-refractivity contribution in [3.63, 3.8) is 0 Å². The lowest BCUT2D eigenvalue weighted by atomic mass is 10.1. The van der Waals surface area contributed by atoms with E-state index >= 15 is 0 Å². The molecule has 0 spiro atoms. The summed E-state index contributed by atoms with van der Waals surface area (Å²) in [6, 6.07) is -2.09. The van der Waals surface area contributed by atoms with Crippen LogP contribution in [0, 0.1) is 0 Å². The molecule has 0 aliphatic rings. The Morgan fingerprint density at radius 2 is 2.00 bits per heavy atom. The van der Waals surface area contributed by atoms with Crippen molar-refractivity contribution in [1.82, 2.24) is 0 Å². The fraction of sp³-hybridized carbons (Fsp3) is 0.333. The summed E-state index contributed by atoms with van der Waals surface area (Å²) in [6.07, 6.45) is -4.50. The summed E-state index contributed by atoms with van der Waals surface area (Å²) in [6.45, 7) is 0. The third-order valence-corrected chi connectivity index (χ3v) is 2.11. The molecule has 2 nitrogen and oxygen atoms in total. The van der Waals surface area contributed by atoms with Crippen molar-refractivity contribution in [3.05, 3.63) is 16.3 Å². The van der Waals surface area contributed by atoms with E-state index in [-0.39, 0.29) is 5.56 Å². The Hall–Kier alpha value is -0.750. The smallest absolute Gasteiger partial charge is 0.407 e. The van der Waals surface area contributed by atoms with Gasteiger partial charge in [-0.25, -0.2) is 0 Å². The highest BCUT2D eigenvalue weighted by molar-refractivity contribution is 7.08. The van der Waals surface area contributed by atoms with Crippen molar-refractivity contribution in [1.29, 1.82) is 0 Å². The summed E-state index contributed by atoms with van der Waals surface area (Å²) in [5.41, 5.74) is 4.57. The molecule has 0 aromatic carbocycles. The van der Waals surface area contributed by atoms with Gasteiger partial charge in [0.2, 0.25) is 0 Å². The highest BCUT2D eigenvalue weighted by Crippen LogP contribution is 2.36. The van der Waals surface area contributed by atoms with E-state index in [4.69, 9.17) is 10.8 Å². The fourth-order valence-electron chi connectivity index (χ4n) is 0.709. The molecule has 12 heavy (non-hydrogen) atoms. The van der Waals surface area contributed by atoms with Crippen molar-refractivity contribution >= 4 is 11.3 Å². The molecule has 1 heterocycles. The summed E-state index contributed by atoms with van der Waals surface area (Å²) in [5.74, 6) is -0.398. The van der Waals surface area contributed by atoms with Crippen molar-refractivity contribution in [2.75, 3.05) is 0 Å². The summed E-state index contributed by atoms with van der Waals surface area (Å²) >= 11 is 0.981. The lowest BCUT2D eigenvalue weighted by molar-refractivity contribution is -0.149. The monoisotopic (exact) mass is 197 g/mol. The van der Waals surface area contributed by atoms with Gasteiger partial charge in [0.15, 0.2) is 0 Å². The van der Waals surface area contributed by atoms with Gasteiger partial charge in [-0.1, -0.05) is 0 Å². The number of hydrogen-bond donors (Lipinski definition) is 2. The van der Waals surface area contributed by atoms with Crippen molar-refractivity contribution < 1.29 is 18.3 Å². The largest absolute Gasteiger partial charge is 0.507 e. The van der Waals surface area contributed by atoms with Crippen LogP contribution >= 0.6 is 11.3 Å². The molecule has 1 unspecified atom stereocenters. The zero-order valence-corrected chi connectivity index (χ0v) is 6.62. The highest BCUT2D eigenvalue weighted by Gasteiger charge is 2.39. The third kappa shape index (κ3) is 1.70. The number of alkyl halides is 3. The molecule has 1 rings (SSSR count). The van der Waals surface area contributed by atoms with Gasteiger partial charge in [0.25, 0.3) is 0 Å². The Labute approximate surface area is 70.4 Å². The summed E-state index contributed by atoms with van der Waals surface area (Å²) in [5, 5.41) is 11.3. The maximum Gasteiger partial charge on any atom is 0.407 e. The molecule has 0 fully saturated rings. The van der Waals surface area contributed by atoms with Gasteiger partial charge in [-0.05, 0) is 5.38 Å². The van der Waals surface area contributed by atoms with E-state index in [2.05, 4.69) is 0 Å². The minimum atomic E-state index is -4.50. The Kier molecular flexibility index (Phi) is 2.29. The summed E-state index contributed by atoms with van der Waals surface area (Å²) in [4.78, 5) is 0. The first-order valence-electron chi connectivity index (χ1n) is 3.00. The first kappa shape index (κ1) is 9.34. The SMILES string of the molecule is NC(c1cscc1O)C(F)(F)F. The second-order valence-corrected chi connectivity index (χ2v) is 2.98. The minimum Gasteiger partial charge on any atom is -0.507 e. The molecule has 0 radical (unpaired) electrons. The second-order valence-electron chi connectivity index (χ2n) is 2.23. The molecular weight excluding hydrogens is 191 g/mol. The molecule has 0 bridgehead atoms. The molecule has 0 aliphatic heterocycles. The van der Waals surface area contributed by atoms with Gasteiger partial charge in [-0.15, -0.1) is 11.3 Å². The Morgan fingerprint density at radius 1 is 1.42 bits per heavy atom. The molecule has 1 atom stereocenters. The predicted molar refractivity (Wildman–Crippen MR) is 39.0 cm³/mol. The first-order valence-corrected chi connectivity index (χ1v) is 3.94. The fourth-order valence-corrected chi connectivity index (χ4v) is 1.46. The number of aromatic hydroxyl groups is 1. The zero-order chi connectivity index (χ0) is 9.35. The molecular formula is C6H6F3NOS. The van der Waals surface area contributed by atoms with Crippen LogP contribution in [0.25, 0.3) is 0 Å². The van der Waals surface area contributed by atoms with E-state index in [1.165, 1.54) is 10.8 Å². The summed E-state index contributed by atoms with van der Waals surface area (Å²) in [7, 11) is 0. The topological polar surface area (TPSA) is 46.2 Å². The molecule has 1 aromatic rings. The molecule has 0 aliphatic carbocycles. The Balaban J connectivity index is 2.92. The van der Waals surface area contributed by atoms with Crippen LogP contribution in [0.3, 0.4) is 0 Å². The maximum absolute atomic E-state index is 12.0. The highest BCUT2D eigenvalue weighted by atomic mass is 32.1. The Morgan fingerprint density at radius 3 is 2.33 bits per heavy atom. The zero-order valence-electron chi connectivity index (χ0n) is 5.80. The van der Waals surface area contributed by atoms with Gasteiger partial charge in [-0.2, -0.15) is 13.2 Å². The normalized spacial score (nSPS) is 14.7. The molecule has 3 N–H and O–H groups in total. The van der Waals surface area contributed by atoms with Crippen LogP contribution in [0.4, 0.5) is 13.2 Å². The Bertz CT molecular complexity index is 270. The quantitative estimate of drug-likeness (QED) is 0.723. The molecule has 0 saturated carbocycles. The standard InChI is InChI=1S/C6H6F3NOS/c7-6(8,9)5(10)3-1-12-2-4(3)11/h1-2,5,11H,10H2. The number of halogens is 3. The second kappa shape index (κ2) is 2.95. The molecule has 6 heteroatoms. The molecule has 1 aromatic heterocycles. The van der Waals surface area contributed by atoms with Crippen molar-refractivity contribution in [3.8, 4) is 5.75 Å². The predicted octanol–water partition coefficient (Wildman–Crippen LogP) is 2.02. The average Bonchev–Trinajstić information content (AvgIpc) is 2.31. The van der Waals surface area contributed by atoms with Gasteiger partial charge in [0.1, 0.15) is 11.8 Å². The molecule has 68 valence electrons. The van der Waals surface area contributed by atoms with E-state index in [0.29, 0.717) is 0 Å². The first-order chi connectivity index (χ1) is 5.43. The summed E-state index contributed by atoms with van der Waals surface area (Å²) < 4.78 is 35.9. The number of rotatable bonds is 1. The third-order valence-electron chi connectivity index (χ3n) is 1.36. The van der Waals surface area contributed by atoms with E-state index in [1.54, 1.807) is 0 Å². The minimum absolute atomic E-state index is 0.271. The van der Waals surface area contributed by atoms with Crippen LogP contribution in [-0.4, -0.2) is 11.3 Å². The average molecular weight is 197 g/mol. The van der Waals surface area contributed by atoms with E-state index in [9.17, 15) is 13.2 Å². The van der Waals surface area contributed by atoms with Crippen LogP contribution in [0.5, 0.6) is 5.75 Å². The van der Waals surface area contributed by atoms with Gasteiger partial charge in [0.05, 0.1) is 0 Å². The molecule has 0 amide bonds. The lowest BCUT2D eigenvalue weighted by Gasteiger charge is -2.14. The number of hydrogen-bond acceptors (Lipinski definition) is 3. The van der Waals surface area contributed by atoms with E-state index < -0.39 is 18.0 Å². The molecule has 0 saturated heterocycles. The van der Waals surface area contributed by atoms with Gasteiger partial charge >= 0.3 is 6.18 Å². The van der Waals surface area contributed by atoms with E-state index in [1.807, 2.05) is 0 Å². The number of thiophene rings is 1. The van der Waals surface area contributed by atoms with E-state index in [0.717, 1.165) is 11.3 Å². The van der Waals surface area contributed by atoms with Crippen molar-refractivity contribution in [2.24, 2.45) is 5.73 Å². The van der Waals surface area contributed by atoms with Crippen LogP contribution in [0.1, 0.15) is 11.6 Å². The lowest BCUT2D eigenvalue weighted by Crippen LogP contribution is -2.27. The van der Waals surface area contributed by atoms with Gasteiger partial charge < -0.3 is 10.8 Å².